The quantitative estimate of drug-likeness (QED) is 0.673. The molecule has 0 aliphatic carbocycles. The number of benzene rings is 2. The second-order valence-corrected chi connectivity index (χ2v) is 7.08. The van der Waals surface area contributed by atoms with Gasteiger partial charge in [-0.2, -0.15) is 0 Å². The predicted octanol–water partition coefficient (Wildman–Crippen LogP) is 4.44. The molecule has 0 heterocycles. The molecule has 2 rings (SSSR count). The molecule has 0 radical (unpaired) electrons. The fourth-order valence-corrected chi connectivity index (χ4v) is 2.90. The van der Waals surface area contributed by atoms with Gasteiger partial charge in [0, 0.05) is 10.2 Å². The van der Waals surface area contributed by atoms with E-state index in [9.17, 15) is 4.79 Å². The Bertz CT molecular complexity index is 604. The third kappa shape index (κ3) is 6.67. The largest absolute Gasteiger partial charge is 0.493 e. The maximum atomic E-state index is 11.9. The first kappa shape index (κ1) is 17.9. The molecule has 0 aliphatic rings. The maximum Gasteiger partial charge on any atom is 0.230 e. The Hall–Kier alpha value is -1.46. The molecule has 2 aromatic rings. The second kappa shape index (κ2) is 9.63. The fraction of sp³-hybridized carbons (Fsp3) is 0.278. The van der Waals surface area contributed by atoms with Crippen molar-refractivity contribution in [3.63, 3.8) is 0 Å². The lowest BCUT2D eigenvalue weighted by atomic mass is 10.1. The molecular weight excluding hydrogens is 374 g/mol. The first-order valence-corrected chi connectivity index (χ1v) is 9.40. The van der Waals surface area contributed by atoms with Gasteiger partial charge >= 0.3 is 0 Å². The molecule has 122 valence electrons. The Balaban J connectivity index is 1.60. The third-order valence-electron chi connectivity index (χ3n) is 3.22. The van der Waals surface area contributed by atoms with Crippen molar-refractivity contribution in [2.24, 2.45) is 0 Å². The molecule has 2 aromatic carbocycles. The average Bonchev–Trinajstić information content (AvgIpc) is 2.57. The molecule has 0 saturated heterocycles. The molecule has 0 saturated carbocycles. The van der Waals surface area contributed by atoms with E-state index in [0.29, 0.717) is 12.4 Å². The number of hydrogen-bond acceptors (Lipinski definition) is 3. The lowest BCUT2D eigenvalue weighted by Gasteiger charge is -2.14. The monoisotopic (exact) mass is 393 g/mol. The zero-order valence-electron chi connectivity index (χ0n) is 13.0. The van der Waals surface area contributed by atoms with Gasteiger partial charge in [-0.25, -0.2) is 0 Å². The molecule has 1 amide bonds. The van der Waals surface area contributed by atoms with Crippen molar-refractivity contribution in [2.45, 2.75) is 13.0 Å². The number of halogens is 1. The number of carbonyl (C=O) groups excluding carboxylic acids is 1. The van der Waals surface area contributed by atoms with Crippen LogP contribution in [-0.2, 0) is 4.79 Å². The van der Waals surface area contributed by atoms with Crippen LogP contribution < -0.4 is 10.1 Å². The van der Waals surface area contributed by atoms with Gasteiger partial charge in [-0.15, -0.1) is 11.8 Å². The van der Waals surface area contributed by atoms with Gasteiger partial charge in [0.1, 0.15) is 5.75 Å². The van der Waals surface area contributed by atoms with Gasteiger partial charge in [0.2, 0.25) is 5.91 Å². The summed E-state index contributed by atoms with van der Waals surface area (Å²) in [6.07, 6.45) is 0. The summed E-state index contributed by atoms with van der Waals surface area (Å²) in [5.74, 6) is 2.12. The highest BCUT2D eigenvalue weighted by molar-refractivity contribution is 9.10. The van der Waals surface area contributed by atoms with Crippen LogP contribution in [0, 0.1) is 0 Å². The zero-order valence-corrected chi connectivity index (χ0v) is 15.4. The van der Waals surface area contributed by atoms with E-state index in [1.54, 1.807) is 11.8 Å². The summed E-state index contributed by atoms with van der Waals surface area (Å²) in [7, 11) is 0. The van der Waals surface area contributed by atoms with Gasteiger partial charge < -0.3 is 10.1 Å². The molecule has 1 N–H and O–H groups in total. The van der Waals surface area contributed by atoms with Gasteiger partial charge in [-0.3, -0.25) is 4.79 Å². The van der Waals surface area contributed by atoms with Crippen LogP contribution in [-0.4, -0.2) is 24.0 Å². The van der Waals surface area contributed by atoms with Crippen molar-refractivity contribution in [1.29, 1.82) is 0 Å². The molecule has 0 bridgehead atoms. The van der Waals surface area contributed by atoms with Crippen LogP contribution in [0.3, 0.4) is 0 Å². The second-order valence-electron chi connectivity index (χ2n) is 5.05. The van der Waals surface area contributed by atoms with Crippen molar-refractivity contribution in [1.82, 2.24) is 5.32 Å². The van der Waals surface area contributed by atoms with Crippen LogP contribution >= 0.6 is 27.7 Å². The highest BCUT2D eigenvalue weighted by Crippen LogP contribution is 2.16. The fourth-order valence-electron chi connectivity index (χ4n) is 2.02. The Morgan fingerprint density at radius 3 is 2.57 bits per heavy atom. The SMILES string of the molecule is C[C@@H](NC(=O)CSCCOc1ccc(Br)cc1)c1ccccc1. The Labute approximate surface area is 149 Å². The number of thioether (sulfide) groups is 1. The first-order valence-electron chi connectivity index (χ1n) is 7.45. The van der Waals surface area contributed by atoms with E-state index in [1.807, 2.05) is 61.5 Å². The van der Waals surface area contributed by atoms with Gasteiger partial charge in [-0.1, -0.05) is 46.3 Å². The van der Waals surface area contributed by atoms with Crippen LogP contribution in [0.1, 0.15) is 18.5 Å². The van der Waals surface area contributed by atoms with E-state index in [0.717, 1.165) is 21.5 Å². The van der Waals surface area contributed by atoms with Crippen molar-refractivity contribution in [3.8, 4) is 5.75 Å². The molecule has 1 atom stereocenters. The molecule has 0 aliphatic heterocycles. The summed E-state index contributed by atoms with van der Waals surface area (Å²) in [6, 6.07) is 17.7. The van der Waals surface area contributed by atoms with Crippen LogP contribution in [0.5, 0.6) is 5.75 Å². The highest BCUT2D eigenvalue weighted by Gasteiger charge is 2.08. The van der Waals surface area contributed by atoms with E-state index in [-0.39, 0.29) is 11.9 Å². The average molecular weight is 394 g/mol. The summed E-state index contributed by atoms with van der Waals surface area (Å²) in [6.45, 7) is 2.59. The van der Waals surface area contributed by atoms with Crippen LogP contribution in [0.2, 0.25) is 0 Å². The zero-order chi connectivity index (χ0) is 16.5. The summed E-state index contributed by atoms with van der Waals surface area (Å²) in [5, 5.41) is 3.01. The first-order chi connectivity index (χ1) is 11.1. The topological polar surface area (TPSA) is 38.3 Å². The maximum absolute atomic E-state index is 11.9. The molecular formula is C18H20BrNO2S. The number of amides is 1. The molecule has 23 heavy (non-hydrogen) atoms. The minimum atomic E-state index is 0.0308. The summed E-state index contributed by atoms with van der Waals surface area (Å²) in [5.41, 5.74) is 1.12. The standard InChI is InChI=1S/C18H20BrNO2S/c1-14(15-5-3-2-4-6-15)20-18(21)13-23-12-11-22-17-9-7-16(19)8-10-17/h2-10,14H,11-13H2,1H3,(H,20,21)/t14-/m1/s1. The van der Waals surface area contributed by atoms with Gasteiger partial charge in [-0.05, 0) is 36.8 Å². The lowest BCUT2D eigenvalue weighted by molar-refractivity contribution is -0.119. The lowest BCUT2D eigenvalue weighted by Crippen LogP contribution is -2.28. The third-order valence-corrected chi connectivity index (χ3v) is 4.67. The number of hydrogen-bond donors (Lipinski definition) is 1. The minimum Gasteiger partial charge on any atom is -0.493 e. The Morgan fingerprint density at radius 1 is 1.17 bits per heavy atom. The smallest absolute Gasteiger partial charge is 0.230 e. The molecule has 0 fully saturated rings. The number of carbonyl (C=O) groups is 1. The molecule has 0 spiro atoms. The highest BCUT2D eigenvalue weighted by atomic mass is 79.9. The summed E-state index contributed by atoms with van der Waals surface area (Å²) >= 11 is 4.96. The molecule has 0 unspecified atom stereocenters. The molecule has 3 nitrogen and oxygen atoms in total. The van der Waals surface area contributed by atoms with Crippen molar-refractivity contribution < 1.29 is 9.53 Å². The van der Waals surface area contributed by atoms with E-state index in [4.69, 9.17) is 4.74 Å². The van der Waals surface area contributed by atoms with Crippen LogP contribution in [0.25, 0.3) is 0 Å². The van der Waals surface area contributed by atoms with Crippen LogP contribution in [0.15, 0.2) is 59.1 Å². The van der Waals surface area contributed by atoms with E-state index in [2.05, 4.69) is 21.2 Å². The Morgan fingerprint density at radius 2 is 1.87 bits per heavy atom. The Kier molecular flexibility index (Phi) is 7.49. The normalized spacial score (nSPS) is 11.7. The van der Waals surface area contributed by atoms with Crippen molar-refractivity contribution in [3.05, 3.63) is 64.6 Å². The number of ether oxygens (including phenoxy) is 1. The number of rotatable bonds is 8. The van der Waals surface area contributed by atoms with Crippen LogP contribution in [0.4, 0.5) is 0 Å². The van der Waals surface area contributed by atoms with Gasteiger partial charge in [0.25, 0.3) is 0 Å². The van der Waals surface area contributed by atoms with Gasteiger partial charge in [0.05, 0.1) is 18.4 Å². The van der Waals surface area contributed by atoms with E-state index < -0.39 is 0 Å². The van der Waals surface area contributed by atoms with Crippen molar-refractivity contribution in [2.75, 3.05) is 18.1 Å². The predicted molar refractivity (Wildman–Crippen MR) is 100.0 cm³/mol. The summed E-state index contributed by atoms with van der Waals surface area (Å²) < 4.78 is 6.65. The number of nitrogens with one attached hydrogen (secondary N) is 1. The van der Waals surface area contributed by atoms with E-state index >= 15 is 0 Å². The molecule has 5 heteroatoms. The minimum absolute atomic E-state index is 0.0308. The van der Waals surface area contributed by atoms with E-state index in [1.165, 1.54) is 0 Å². The van der Waals surface area contributed by atoms with Crippen molar-refractivity contribution >= 4 is 33.6 Å². The molecule has 0 aromatic heterocycles. The summed E-state index contributed by atoms with van der Waals surface area (Å²) in [4.78, 5) is 11.9. The van der Waals surface area contributed by atoms with Gasteiger partial charge in [0.15, 0.2) is 0 Å².